The lowest BCUT2D eigenvalue weighted by atomic mass is 10.1. The van der Waals surface area contributed by atoms with Gasteiger partial charge in [0, 0.05) is 24.7 Å². The number of carbonyl (C=O) groups is 1. The Morgan fingerprint density at radius 2 is 1.89 bits per heavy atom. The van der Waals surface area contributed by atoms with Crippen molar-refractivity contribution in [3.8, 4) is 6.07 Å². The summed E-state index contributed by atoms with van der Waals surface area (Å²) >= 11 is 0. The van der Waals surface area contributed by atoms with E-state index in [1.165, 1.54) is 6.07 Å². The van der Waals surface area contributed by atoms with Crippen molar-refractivity contribution < 1.29 is 9.72 Å². The van der Waals surface area contributed by atoms with Gasteiger partial charge in [-0.05, 0) is 49.6 Å². The van der Waals surface area contributed by atoms with E-state index in [9.17, 15) is 14.9 Å². The molecular weight excluding hydrogens is 344 g/mol. The monoisotopic (exact) mass is 364 g/mol. The lowest BCUT2D eigenvalue weighted by molar-refractivity contribution is -0.384. The second-order valence-corrected chi connectivity index (χ2v) is 6.58. The summed E-state index contributed by atoms with van der Waals surface area (Å²) in [6.45, 7) is 3.41. The topological polar surface area (TPSA) is 99.3 Å². The van der Waals surface area contributed by atoms with Gasteiger partial charge in [0.05, 0.1) is 22.6 Å². The van der Waals surface area contributed by atoms with Crippen LogP contribution in [0.1, 0.15) is 47.3 Å². The molecular formula is C20H20N4O3. The molecule has 1 unspecified atom stereocenters. The van der Waals surface area contributed by atoms with Crippen molar-refractivity contribution in [2.45, 2.75) is 25.8 Å². The zero-order chi connectivity index (χ0) is 19.4. The van der Waals surface area contributed by atoms with Crippen LogP contribution in [0.2, 0.25) is 0 Å². The molecule has 0 spiro atoms. The number of hydrogen-bond donors (Lipinski definition) is 1. The molecule has 1 aliphatic heterocycles. The van der Waals surface area contributed by atoms with E-state index in [4.69, 9.17) is 5.26 Å². The number of carbonyl (C=O) groups excluding carboxylic acids is 1. The van der Waals surface area contributed by atoms with Crippen LogP contribution in [0, 0.1) is 21.4 Å². The summed E-state index contributed by atoms with van der Waals surface area (Å²) in [5, 5.41) is 23.2. The van der Waals surface area contributed by atoms with Gasteiger partial charge >= 0.3 is 0 Å². The molecule has 1 amide bonds. The third-order valence-corrected chi connectivity index (χ3v) is 4.77. The first kappa shape index (κ1) is 18.4. The summed E-state index contributed by atoms with van der Waals surface area (Å²) in [5.74, 6) is -0.372. The third-order valence-electron chi connectivity index (χ3n) is 4.77. The summed E-state index contributed by atoms with van der Waals surface area (Å²) in [6.07, 6.45) is 2.03. The van der Waals surface area contributed by atoms with Crippen molar-refractivity contribution in [3.63, 3.8) is 0 Å². The Morgan fingerprint density at radius 3 is 2.48 bits per heavy atom. The van der Waals surface area contributed by atoms with Crippen LogP contribution in [-0.4, -0.2) is 23.9 Å². The van der Waals surface area contributed by atoms with Gasteiger partial charge in [0.15, 0.2) is 0 Å². The molecule has 2 aromatic carbocycles. The maximum Gasteiger partial charge on any atom is 0.293 e. The molecule has 1 heterocycles. The molecule has 27 heavy (non-hydrogen) atoms. The number of hydrogen-bond acceptors (Lipinski definition) is 5. The van der Waals surface area contributed by atoms with Gasteiger partial charge in [-0.1, -0.05) is 12.1 Å². The maximum absolute atomic E-state index is 12.6. The van der Waals surface area contributed by atoms with Gasteiger partial charge in [0.25, 0.3) is 11.6 Å². The molecule has 0 aromatic heterocycles. The van der Waals surface area contributed by atoms with Gasteiger partial charge < -0.3 is 10.2 Å². The molecule has 1 atom stereocenters. The highest BCUT2D eigenvalue weighted by molar-refractivity contribution is 5.96. The van der Waals surface area contributed by atoms with Crippen molar-refractivity contribution in [2.24, 2.45) is 0 Å². The number of rotatable bonds is 5. The number of nitrogens with one attached hydrogen (secondary N) is 1. The fourth-order valence-corrected chi connectivity index (χ4v) is 3.25. The number of benzene rings is 2. The Balaban J connectivity index is 1.78. The molecule has 138 valence electrons. The summed E-state index contributed by atoms with van der Waals surface area (Å²) in [5.41, 5.74) is 2.17. The van der Waals surface area contributed by atoms with Gasteiger partial charge in [-0.25, -0.2) is 0 Å². The van der Waals surface area contributed by atoms with Crippen molar-refractivity contribution in [1.29, 1.82) is 5.26 Å². The number of nitro benzene ring substituents is 1. The minimum absolute atomic E-state index is 0.0458. The quantitative estimate of drug-likeness (QED) is 0.646. The molecule has 1 N–H and O–H groups in total. The smallest absolute Gasteiger partial charge is 0.293 e. The molecule has 1 aliphatic rings. The highest BCUT2D eigenvalue weighted by atomic mass is 16.6. The number of nitriles is 1. The van der Waals surface area contributed by atoms with E-state index in [0.717, 1.165) is 31.5 Å². The molecule has 0 aliphatic carbocycles. The van der Waals surface area contributed by atoms with Gasteiger partial charge in [-0.3, -0.25) is 14.9 Å². The first-order valence-corrected chi connectivity index (χ1v) is 8.84. The molecule has 0 radical (unpaired) electrons. The van der Waals surface area contributed by atoms with Gasteiger partial charge in [-0.2, -0.15) is 5.26 Å². The average molecular weight is 364 g/mol. The maximum atomic E-state index is 12.6. The minimum atomic E-state index is -0.436. The minimum Gasteiger partial charge on any atom is -0.366 e. The van der Waals surface area contributed by atoms with Gasteiger partial charge in [-0.15, -0.1) is 0 Å². The highest BCUT2D eigenvalue weighted by Crippen LogP contribution is 2.31. The molecule has 1 fully saturated rings. The van der Waals surface area contributed by atoms with Crippen LogP contribution in [0.3, 0.4) is 0 Å². The Labute approximate surface area is 157 Å². The molecule has 0 saturated carbocycles. The molecule has 3 rings (SSSR count). The third kappa shape index (κ3) is 4.06. The first-order chi connectivity index (χ1) is 13.0. The highest BCUT2D eigenvalue weighted by Gasteiger charge is 2.24. The van der Waals surface area contributed by atoms with Crippen LogP contribution in [0.15, 0.2) is 42.5 Å². The lowest BCUT2D eigenvalue weighted by Gasteiger charge is -2.18. The van der Waals surface area contributed by atoms with Crippen LogP contribution in [0.25, 0.3) is 0 Å². The summed E-state index contributed by atoms with van der Waals surface area (Å²) < 4.78 is 0. The zero-order valence-electron chi connectivity index (χ0n) is 15.0. The van der Waals surface area contributed by atoms with Crippen LogP contribution in [0.5, 0.6) is 0 Å². The molecule has 1 saturated heterocycles. The van der Waals surface area contributed by atoms with E-state index in [1.807, 2.05) is 17.9 Å². The first-order valence-electron chi connectivity index (χ1n) is 8.84. The molecule has 7 heteroatoms. The number of nitro groups is 1. The Kier molecular flexibility index (Phi) is 5.36. The molecule has 7 nitrogen and oxygen atoms in total. The molecule has 0 bridgehead atoms. The Hall–Kier alpha value is -3.40. The fraction of sp³-hybridized carbons (Fsp3) is 0.300. The van der Waals surface area contributed by atoms with Crippen molar-refractivity contribution in [2.75, 3.05) is 18.0 Å². The second-order valence-electron chi connectivity index (χ2n) is 6.58. The SMILES string of the molecule is CC(NC(=O)c1ccc(N2CCCC2)c([N+](=O)[O-])c1)c1ccc(C#N)cc1. The summed E-state index contributed by atoms with van der Waals surface area (Å²) in [6, 6.07) is 13.3. The van der Waals surface area contributed by atoms with Gasteiger partial charge in [0.1, 0.15) is 5.69 Å². The predicted molar refractivity (Wildman–Crippen MR) is 102 cm³/mol. The van der Waals surface area contributed by atoms with Crippen LogP contribution >= 0.6 is 0 Å². The van der Waals surface area contributed by atoms with Crippen LogP contribution < -0.4 is 10.2 Å². The standard InChI is InChI=1S/C20H20N4O3/c1-14(16-6-4-15(13-21)5-7-16)22-20(25)17-8-9-18(19(12-17)24(26)27)23-10-2-3-11-23/h4-9,12,14H,2-3,10-11H2,1H3,(H,22,25). The van der Waals surface area contributed by atoms with E-state index in [0.29, 0.717) is 11.3 Å². The average Bonchev–Trinajstić information content (AvgIpc) is 3.22. The predicted octanol–water partition coefficient (Wildman–Crippen LogP) is 3.56. The number of anilines is 1. The Morgan fingerprint density at radius 1 is 1.22 bits per heavy atom. The fourth-order valence-electron chi connectivity index (χ4n) is 3.25. The van der Waals surface area contributed by atoms with E-state index < -0.39 is 4.92 Å². The van der Waals surface area contributed by atoms with Gasteiger partial charge in [0.2, 0.25) is 0 Å². The van der Waals surface area contributed by atoms with Crippen molar-refractivity contribution in [3.05, 3.63) is 69.3 Å². The summed E-state index contributed by atoms with van der Waals surface area (Å²) in [4.78, 5) is 25.6. The van der Waals surface area contributed by atoms with E-state index >= 15 is 0 Å². The van der Waals surface area contributed by atoms with E-state index in [-0.39, 0.29) is 23.2 Å². The lowest BCUT2D eigenvalue weighted by Crippen LogP contribution is -2.27. The zero-order valence-corrected chi connectivity index (χ0v) is 15.0. The number of amides is 1. The van der Waals surface area contributed by atoms with Crippen LogP contribution in [-0.2, 0) is 0 Å². The second kappa shape index (κ2) is 7.87. The largest absolute Gasteiger partial charge is 0.366 e. The van der Waals surface area contributed by atoms with Crippen LogP contribution in [0.4, 0.5) is 11.4 Å². The van der Waals surface area contributed by atoms with E-state index in [1.54, 1.807) is 36.4 Å². The van der Waals surface area contributed by atoms with E-state index in [2.05, 4.69) is 5.32 Å². The Bertz CT molecular complexity index is 896. The number of nitrogens with zero attached hydrogens (tertiary/aromatic N) is 3. The summed E-state index contributed by atoms with van der Waals surface area (Å²) in [7, 11) is 0. The normalized spacial score (nSPS) is 14.4. The van der Waals surface area contributed by atoms with Crippen molar-refractivity contribution in [1.82, 2.24) is 5.32 Å². The molecule has 2 aromatic rings. The van der Waals surface area contributed by atoms with Crippen molar-refractivity contribution >= 4 is 17.3 Å².